The highest BCUT2D eigenvalue weighted by Crippen LogP contribution is 2.48. The van der Waals surface area contributed by atoms with E-state index in [2.05, 4.69) is 48.5 Å². The van der Waals surface area contributed by atoms with Crippen molar-refractivity contribution in [2.45, 2.75) is 47.3 Å². The van der Waals surface area contributed by atoms with E-state index >= 15 is 0 Å². The Morgan fingerprint density at radius 3 is 1.13 bits per heavy atom. The summed E-state index contributed by atoms with van der Waals surface area (Å²) < 4.78 is 24.6. The second kappa shape index (κ2) is 14.1. The fourth-order valence-electron chi connectivity index (χ4n) is 3.98. The van der Waals surface area contributed by atoms with E-state index in [9.17, 15) is 0 Å². The Labute approximate surface area is 234 Å². The van der Waals surface area contributed by atoms with Crippen LogP contribution in [0.1, 0.15) is 27.7 Å². The van der Waals surface area contributed by atoms with Crippen molar-refractivity contribution in [2.75, 3.05) is 26.4 Å². The van der Waals surface area contributed by atoms with Crippen molar-refractivity contribution < 1.29 is 18.9 Å². The van der Waals surface area contributed by atoms with E-state index in [1.807, 2.05) is 64.1 Å². The van der Waals surface area contributed by atoms with Crippen molar-refractivity contribution in [1.29, 1.82) is 0 Å². The van der Waals surface area contributed by atoms with Gasteiger partial charge >= 0.3 is 0 Å². The van der Waals surface area contributed by atoms with E-state index in [1.165, 1.54) is 0 Å². The third-order valence-corrected chi connectivity index (χ3v) is 7.62. The van der Waals surface area contributed by atoms with Crippen molar-refractivity contribution in [2.24, 2.45) is 0 Å². The molecule has 0 saturated carbocycles. The van der Waals surface area contributed by atoms with Crippen LogP contribution in [-0.2, 0) is 0 Å². The van der Waals surface area contributed by atoms with Gasteiger partial charge in [0, 0.05) is 20.9 Å². The fourth-order valence-corrected chi connectivity index (χ4v) is 5.84. The molecule has 4 aromatic rings. The molecular formula is C32H34O4S2. The first-order chi connectivity index (χ1) is 18.7. The third-order valence-electron chi connectivity index (χ3n) is 5.52. The van der Waals surface area contributed by atoms with Gasteiger partial charge in [-0.25, -0.2) is 0 Å². The average molecular weight is 547 g/mol. The van der Waals surface area contributed by atoms with Crippen molar-refractivity contribution in [3.05, 3.63) is 84.9 Å². The normalized spacial score (nSPS) is 10.7. The molecule has 0 unspecified atom stereocenters. The van der Waals surface area contributed by atoms with Gasteiger partial charge in [-0.2, -0.15) is 0 Å². The fraction of sp³-hybridized carbons (Fsp3) is 0.250. The lowest BCUT2D eigenvalue weighted by molar-refractivity contribution is 0.321. The van der Waals surface area contributed by atoms with Crippen LogP contribution < -0.4 is 18.9 Å². The lowest BCUT2D eigenvalue weighted by Gasteiger charge is -2.20. The highest BCUT2D eigenvalue weighted by atomic mass is 32.2. The van der Waals surface area contributed by atoms with E-state index in [4.69, 9.17) is 18.9 Å². The first kappa shape index (κ1) is 27.8. The van der Waals surface area contributed by atoms with Crippen LogP contribution in [0.2, 0.25) is 0 Å². The molecule has 0 radical (unpaired) electrons. The summed E-state index contributed by atoms with van der Waals surface area (Å²) in [4.78, 5) is 4.29. The van der Waals surface area contributed by atoms with Gasteiger partial charge in [0.15, 0.2) is 0 Å². The molecule has 0 aliphatic carbocycles. The van der Waals surface area contributed by atoms with Gasteiger partial charge in [0.2, 0.25) is 0 Å². The summed E-state index contributed by atoms with van der Waals surface area (Å²) in [7, 11) is 0. The molecule has 0 amide bonds. The van der Waals surface area contributed by atoms with E-state index < -0.39 is 0 Å². The molecule has 4 aromatic carbocycles. The zero-order chi connectivity index (χ0) is 26.7. The predicted molar refractivity (Wildman–Crippen MR) is 158 cm³/mol. The number of ether oxygens (including phenoxy) is 4. The highest BCUT2D eigenvalue weighted by molar-refractivity contribution is 7.99. The van der Waals surface area contributed by atoms with E-state index in [1.54, 1.807) is 23.5 Å². The standard InChI is InChI=1S/C32H34O4S2/c1-5-33-27-21-31(37-23-15-11-9-12-16-23)29(35-7-3)19-25(27)26-20-30(36-8-4)32(22-28(26)34-6-2)38-24-17-13-10-14-18-24/h9-22H,5-8H2,1-4H3. The summed E-state index contributed by atoms with van der Waals surface area (Å²) in [6, 6.07) is 28.9. The number of benzene rings is 4. The maximum absolute atomic E-state index is 6.19. The smallest absolute Gasteiger partial charge is 0.134 e. The SMILES string of the molecule is CCOc1cc(-c2cc(OCC)c(Sc3ccccc3)cc2OCC)c(OCC)cc1Sc1ccccc1. The van der Waals surface area contributed by atoms with Gasteiger partial charge in [0.1, 0.15) is 23.0 Å². The van der Waals surface area contributed by atoms with Gasteiger partial charge in [-0.1, -0.05) is 59.9 Å². The van der Waals surface area contributed by atoms with Crippen LogP contribution in [-0.4, -0.2) is 26.4 Å². The molecule has 0 aliphatic heterocycles. The number of hydrogen-bond acceptors (Lipinski definition) is 6. The molecule has 0 bridgehead atoms. The summed E-state index contributed by atoms with van der Waals surface area (Å²) in [5, 5.41) is 0. The van der Waals surface area contributed by atoms with Crippen LogP contribution in [0.25, 0.3) is 11.1 Å². The lowest BCUT2D eigenvalue weighted by Crippen LogP contribution is -2.02. The Morgan fingerprint density at radius 2 is 0.789 bits per heavy atom. The van der Waals surface area contributed by atoms with Crippen LogP contribution in [0.15, 0.2) is 105 Å². The van der Waals surface area contributed by atoms with Gasteiger partial charge in [-0.05, 0) is 76.2 Å². The van der Waals surface area contributed by atoms with Crippen LogP contribution in [0.5, 0.6) is 23.0 Å². The molecule has 0 saturated heterocycles. The number of rotatable bonds is 13. The van der Waals surface area contributed by atoms with Crippen LogP contribution >= 0.6 is 23.5 Å². The highest BCUT2D eigenvalue weighted by Gasteiger charge is 2.21. The Morgan fingerprint density at radius 1 is 0.447 bits per heavy atom. The number of hydrogen-bond donors (Lipinski definition) is 0. The van der Waals surface area contributed by atoms with Crippen LogP contribution in [0, 0.1) is 0 Å². The monoisotopic (exact) mass is 546 g/mol. The summed E-state index contributed by atoms with van der Waals surface area (Å²) in [5.74, 6) is 3.17. The average Bonchev–Trinajstić information content (AvgIpc) is 2.93. The molecule has 198 valence electrons. The lowest BCUT2D eigenvalue weighted by atomic mass is 10.0. The second-order valence-electron chi connectivity index (χ2n) is 8.15. The van der Waals surface area contributed by atoms with Gasteiger partial charge in [-0.3, -0.25) is 0 Å². The third kappa shape index (κ3) is 7.00. The quantitative estimate of drug-likeness (QED) is 0.166. The summed E-state index contributed by atoms with van der Waals surface area (Å²) in [5.41, 5.74) is 1.82. The topological polar surface area (TPSA) is 36.9 Å². The van der Waals surface area contributed by atoms with E-state index in [0.29, 0.717) is 26.4 Å². The molecule has 38 heavy (non-hydrogen) atoms. The molecule has 0 spiro atoms. The Kier molecular flexibility index (Phi) is 10.3. The maximum Gasteiger partial charge on any atom is 0.134 e. The van der Waals surface area contributed by atoms with Crippen molar-refractivity contribution in [3.63, 3.8) is 0 Å². The summed E-state index contributed by atoms with van der Waals surface area (Å²) in [6.07, 6.45) is 0. The molecule has 0 atom stereocenters. The Hall–Kier alpha value is -3.22. The minimum atomic E-state index is 0.542. The molecule has 4 nitrogen and oxygen atoms in total. The predicted octanol–water partition coefficient (Wildman–Crippen LogP) is 9.25. The first-order valence-corrected chi connectivity index (χ1v) is 14.6. The van der Waals surface area contributed by atoms with Gasteiger partial charge in [-0.15, -0.1) is 0 Å². The first-order valence-electron chi connectivity index (χ1n) is 13.0. The van der Waals surface area contributed by atoms with Crippen molar-refractivity contribution in [1.82, 2.24) is 0 Å². The van der Waals surface area contributed by atoms with Crippen molar-refractivity contribution >= 4 is 23.5 Å². The minimum absolute atomic E-state index is 0.542. The Balaban J connectivity index is 1.86. The zero-order valence-corrected chi connectivity index (χ0v) is 24.0. The van der Waals surface area contributed by atoms with Crippen LogP contribution in [0.3, 0.4) is 0 Å². The molecule has 0 fully saturated rings. The van der Waals surface area contributed by atoms with Crippen LogP contribution in [0.4, 0.5) is 0 Å². The molecule has 0 aromatic heterocycles. The Bertz CT molecular complexity index is 1210. The maximum atomic E-state index is 6.19. The van der Waals surface area contributed by atoms with E-state index in [0.717, 1.165) is 53.7 Å². The largest absolute Gasteiger partial charge is 0.493 e. The molecule has 4 rings (SSSR count). The molecule has 6 heteroatoms. The van der Waals surface area contributed by atoms with E-state index in [-0.39, 0.29) is 0 Å². The molecular weight excluding hydrogens is 512 g/mol. The molecule has 0 aliphatic rings. The van der Waals surface area contributed by atoms with Gasteiger partial charge in [0.25, 0.3) is 0 Å². The zero-order valence-electron chi connectivity index (χ0n) is 22.4. The van der Waals surface area contributed by atoms with Gasteiger partial charge < -0.3 is 18.9 Å². The second-order valence-corrected chi connectivity index (χ2v) is 10.4. The molecule has 0 heterocycles. The van der Waals surface area contributed by atoms with Crippen molar-refractivity contribution in [3.8, 4) is 34.1 Å². The summed E-state index contributed by atoms with van der Waals surface area (Å²) >= 11 is 3.33. The minimum Gasteiger partial charge on any atom is -0.493 e. The summed E-state index contributed by atoms with van der Waals surface area (Å²) in [6.45, 7) is 10.2. The molecule has 0 N–H and O–H groups in total. The van der Waals surface area contributed by atoms with Gasteiger partial charge in [0.05, 0.1) is 36.2 Å².